The summed E-state index contributed by atoms with van der Waals surface area (Å²) in [6.07, 6.45) is 0.762. The normalized spacial score (nSPS) is 15.6. The third kappa shape index (κ3) is 6.25. The van der Waals surface area contributed by atoms with Crippen LogP contribution in [-0.2, 0) is 19.3 Å². The third-order valence-electron chi connectivity index (χ3n) is 7.11. The Bertz CT molecular complexity index is 1320. The van der Waals surface area contributed by atoms with Crippen molar-refractivity contribution in [2.75, 3.05) is 0 Å². The highest BCUT2D eigenvalue weighted by atomic mass is 35.5. The molecule has 1 atom stereocenters. The molecule has 0 aliphatic heterocycles. The number of nitrogens with zero attached hydrogens (tertiary/aromatic N) is 5. The molecule has 1 aliphatic rings. The van der Waals surface area contributed by atoms with Crippen LogP contribution in [0.2, 0.25) is 5.02 Å². The van der Waals surface area contributed by atoms with E-state index >= 15 is 0 Å². The number of aromatic nitrogens is 4. The number of hydrogen-bond donors (Lipinski definition) is 0. The minimum absolute atomic E-state index is 0.121. The molecule has 4 aromatic rings. The number of alkyl halides is 3. The number of benzene rings is 3. The third-order valence-corrected chi connectivity index (χ3v) is 7.36. The van der Waals surface area contributed by atoms with Crippen molar-refractivity contribution in [3.8, 4) is 0 Å². The summed E-state index contributed by atoms with van der Waals surface area (Å²) in [5.74, 6) is 0.557. The van der Waals surface area contributed by atoms with Crippen LogP contribution < -0.4 is 0 Å². The summed E-state index contributed by atoms with van der Waals surface area (Å²) < 4.78 is 43.3. The first-order chi connectivity index (χ1) is 18.4. The van der Waals surface area contributed by atoms with Gasteiger partial charge in [-0.05, 0) is 64.2 Å². The smallest absolute Gasteiger partial charge is 0.281 e. The molecule has 3 aromatic carbocycles. The van der Waals surface area contributed by atoms with E-state index in [0.717, 1.165) is 42.9 Å². The fraction of sp³-hybridized carbons (Fsp3) is 0.345. The van der Waals surface area contributed by atoms with E-state index in [-0.39, 0.29) is 6.04 Å². The van der Waals surface area contributed by atoms with E-state index < -0.39 is 17.8 Å². The minimum Gasteiger partial charge on any atom is -0.281 e. The maximum absolute atomic E-state index is 13.8. The molecule has 0 amide bonds. The standard InChI is InChI=1S/C29H29ClF3N5/c30-25-16-14-22(15-17-25)20-37(19-21-8-3-1-4-9-21)27(23-10-7-11-24(18-23)29(31,32)33)28-34-35-36-38(28)26-12-5-2-6-13-26/h1,3-4,7-11,14-18,26-27H,2,5-6,12-13,19-20H2/t27-/m1/s1. The first-order valence-corrected chi connectivity index (χ1v) is 13.2. The van der Waals surface area contributed by atoms with Gasteiger partial charge in [0, 0.05) is 18.1 Å². The predicted molar refractivity (Wildman–Crippen MR) is 140 cm³/mol. The van der Waals surface area contributed by atoms with Crippen LogP contribution in [0.15, 0.2) is 78.9 Å². The zero-order valence-electron chi connectivity index (χ0n) is 20.9. The van der Waals surface area contributed by atoms with E-state index in [1.807, 2.05) is 59.3 Å². The molecule has 0 spiro atoms. The molecule has 198 valence electrons. The molecular formula is C29H29ClF3N5. The number of rotatable bonds is 8. The topological polar surface area (TPSA) is 46.8 Å². The van der Waals surface area contributed by atoms with Gasteiger partial charge in [0.2, 0.25) is 0 Å². The maximum atomic E-state index is 13.8. The van der Waals surface area contributed by atoms with Crippen molar-refractivity contribution in [2.24, 2.45) is 0 Å². The van der Waals surface area contributed by atoms with E-state index in [0.29, 0.717) is 29.5 Å². The summed E-state index contributed by atoms with van der Waals surface area (Å²) in [6.45, 7) is 0.951. The average Bonchev–Trinajstić information content (AvgIpc) is 3.40. The molecule has 1 fully saturated rings. The van der Waals surface area contributed by atoms with E-state index in [9.17, 15) is 13.2 Å². The maximum Gasteiger partial charge on any atom is 0.416 e. The molecule has 0 radical (unpaired) electrons. The molecule has 0 unspecified atom stereocenters. The van der Waals surface area contributed by atoms with Crippen LogP contribution in [0.25, 0.3) is 0 Å². The van der Waals surface area contributed by atoms with Crippen molar-refractivity contribution >= 4 is 11.6 Å². The highest BCUT2D eigenvalue weighted by molar-refractivity contribution is 6.30. The van der Waals surface area contributed by atoms with Crippen molar-refractivity contribution in [3.63, 3.8) is 0 Å². The fourth-order valence-electron chi connectivity index (χ4n) is 5.26. The van der Waals surface area contributed by atoms with Gasteiger partial charge in [0.05, 0.1) is 17.6 Å². The van der Waals surface area contributed by atoms with Crippen molar-refractivity contribution in [2.45, 2.75) is 63.5 Å². The zero-order valence-corrected chi connectivity index (χ0v) is 21.6. The molecule has 0 N–H and O–H groups in total. The van der Waals surface area contributed by atoms with Gasteiger partial charge in [-0.25, -0.2) is 4.68 Å². The SMILES string of the molecule is FC(F)(F)c1cccc([C@H](c2nnnn2C2CCCCC2)N(Cc2ccccc2)Cc2ccc(Cl)cc2)c1. The lowest BCUT2D eigenvalue weighted by Gasteiger charge is -2.33. The monoisotopic (exact) mass is 539 g/mol. The summed E-state index contributed by atoms with van der Waals surface area (Å²) in [5.41, 5.74) is 1.83. The van der Waals surface area contributed by atoms with Gasteiger partial charge in [0.1, 0.15) is 0 Å². The predicted octanol–water partition coefficient (Wildman–Crippen LogP) is 7.64. The summed E-state index contributed by atoms with van der Waals surface area (Å²) in [7, 11) is 0. The molecule has 0 bridgehead atoms. The van der Waals surface area contributed by atoms with Gasteiger partial charge in [-0.15, -0.1) is 5.10 Å². The van der Waals surface area contributed by atoms with Crippen LogP contribution in [0.3, 0.4) is 0 Å². The Kier molecular flexibility index (Phi) is 8.09. The number of halogens is 4. The molecule has 1 aliphatic carbocycles. The van der Waals surface area contributed by atoms with Gasteiger partial charge in [0.15, 0.2) is 5.82 Å². The Morgan fingerprint density at radius 3 is 2.24 bits per heavy atom. The van der Waals surface area contributed by atoms with Gasteiger partial charge in [-0.2, -0.15) is 13.2 Å². The zero-order chi connectivity index (χ0) is 26.5. The molecule has 0 saturated heterocycles. The Morgan fingerprint density at radius 2 is 1.55 bits per heavy atom. The first-order valence-electron chi connectivity index (χ1n) is 12.9. The van der Waals surface area contributed by atoms with E-state index in [1.54, 1.807) is 6.07 Å². The van der Waals surface area contributed by atoms with E-state index in [4.69, 9.17) is 11.6 Å². The van der Waals surface area contributed by atoms with Gasteiger partial charge in [-0.3, -0.25) is 4.90 Å². The Hall–Kier alpha value is -3.23. The van der Waals surface area contributed by atoms with Gasteiger partial charge in [-0.1, -0.05) is 85.5 Å². The van der Waals surface area contributed by atoms with Crippen LogP contribution in [-0.4, -0.2) is 25.1 Å². The lowest BCUT2D eigenvalue weighted by molar-refractivity contribution is -0.137. The lowest BCUT2D eigenvalue weighted by atomic mass is 9.94. The van der Waals surface area contributed by atoms with E-state index in [2.05, 4.69) is 20.4 Å². The molecule has 1 aromatic heterocycles. The molecule has 1 saturated carbocycles. The van der Waals surface area contributed by atoms with Crippen LogP contribution in [0.4, 0.5) is 13.2 Å². The van der Waals surface area contributed by atoms with Gasteiger partial charge < -0.3 is 0 Å². The Labute approximate surface area is 225 Å². The number of hydrogen-bond acceptors (Lipinski definition) is 4. The van der Waals surface area contributed by atoms with Crippen LogP contribution in [0, 0.1) is 0 Å². The number of tetrazole rings is 1. The van der Waals surface area contributed by atoms with Crippen molar-refractivity contribution in [3.05, 3.63) is 112 Å². The summed E-state index contributed by atoms with van der Waals surface area (Å²) >= 11 is 6.13. The van der Waals surface area contributed by atoms with E-state index in [1.165, 1.54) is 18.6 Å². The Balaban J connectivity index is 1.63. The van der Waals surface area contributed by atoms with Crippen LogP contribution in [0.5, 0.6) is 0 Å². The molecule has 5 nitrogen and oxygen atoms in total. The molecule has 9 heteroatoms. The van der Waals surface area contributed by atoms with Gasteiger partial charge in [0.25, 0.3) is 0 Å². The largest absolute Gasteiger partial charge is 0.416 e. The summed E-state index contributed by atoms with van der Waals surface area (Å²) in [5, 5.41) is 13.4. The van der Waals surface area contributed by atoms with Gasteiger partial charge >= 0.3 is 6.18 Å². The summed E-state index contributed by atoms with van der Waals surface area (Å²) in [6, 6.07) is 22.5. The van der Waals surface area contributed by atoms with Crippen molar-refractivity contribution in [1.82, 2.24) is 25.1 Å². The first kappa shape index (κ1) is 26.4. The lowest BCUT2D eigenvalue weighted by Crippen LogP contribution is -2.32. The van der Waals surface area contributed by atoms with Crippen molar-refractivity contribution < 1.29 is 13.2 Å². The molecule has 38 heavy (non-hydrogen) atoms. The highest BCUT2D eigenvalue weighted by Gasteiger charge is 2.35. The second kappa shape index (κ2) is 11.7. The second-order valence-electron chi connectivity index (χ2n) is 9.82. The molecule has 5 rings (SSSR count). The van der Waals surface area contributed by atoms with Crippen LogP contribution >= 0.6 is 11.6 Å². The highest BCUT2D eigenvalue weighted by Crippen LogP contribution is 2.37. The van der Waals surface area contributed by atoms with Crippen molar-refractivity contribution in [1.29, 1.82) is 0 Å². The molecule has 1 heterocycles. The second-order valence-corrected chi connectivity index (χ2v) is 10.3. The van der Waals surface area contributed by atoms with Crippen LogP contribution in [0.1, 0.15) is 72.3 Å². The fourth-order valence-corrected chi connectivity index (χ4v) is 5.38. The average molecular weight is 540 g/mol. The quantitative estimate of drug-likeness (QED) is 0.231. The minimum atomic E-state index is -4.46. The summed E-state index contributed by atoms with van der Waals surface area (Å²) in [4.78, 5) is 2.14. The Morgan fingerprint density at radius 1 is 0.868 bits per heavy atom. The molecular weight excluding hydrogens is 511 g/mol.